The Kier molecular flexibility index (Phi) is 6.74. The summed E-state index contributed by atoms with van der Waals surface area (Å²) in [4.78, 5) is 24.8. The summed E-state index contributed by atoms with van der Waals surface area (Å²) in [7, 11) is 0. The van der Waals surface area contributed by atoms with Crippen LogP contribution in [0.1, 0.15) is 61.6 Å². The summed E-state index contributed by atoms with van der Waals surface area (Å²) in [5, 5.41) is 15.3. The number of rotatable bonds is 6. The van der Waals surface area contributed by atoms with Gasteiger partial charge in [-0.1, -0.05) is 25.1 Å². The number of hydrogen-bond donors (Lipinski definition) is 0. The third-order valence-electron chi connectivity index (χ3n) is 7.97. The van der Waals surface area contributed by atoms with Gasteiger partial charge in [-0.3, -0.25) is 0 Å². The van der Waals surface area contributed by atoms with E-state index in [0.29, 0.717) is 17.5 Å². The molecule has 39 heavy (non-hydrogen) atoms. The van der Waals surface area contributed by atoms with Crippen molar-refractivity contribution in [2.75, 3.05) is 24.6 Å². The average Bonchev–Trinajstić information content (AvgIpc) is 3.35. The topological polar surface area (TPSA) is 96.9 Å². The molecule has 8 heteroatoms. The minimum absolute atomic E-state index is 0.126. The zero-order valence-corrected chi connectivity index (χ0v) is 22.4. The predicted octanol–water partition coefficient (Wildman–Crippen LogP) is 5.91. The van der Waals surface area contributed by atoms with Gasteiger partial charge in [0.25, 0.3) is 0 Å². The molecular weight excluding hydrogens is 488 g/mol. The van der Waals surface area contributed by atoms with Crippen LogP contribution < -0.4 is 4.90 Å². The molecule has 4 heterocycles. The monoisotopic (exact) mass is 520 g/mol. The standard InChI is InChI=1S/C31H32N6O2/c1-3-39-31(38)26-17-25(22-9-10-27(33-19-22)36-13-11-21(18-32)12-14-36)28-29(23-15-20(2)16-23)35-37(30(28)34-26)24-7-5-4-6-8-24/h4-10,17,19-21,23H,3,11-16H2,1-2H3. The molecule has 0 unspecified atom stereocenters. The number of aromatic nitrogens is 4. The third kappa shape index (κ3) is 4.74. The van der Waals surface area contributed by atoms with E-state index in [1.165, 1.54) is 0 Å². The molecule has 198 valence electrons. The first-order valence-corrected chi connectivity index (χ1v) is 13.8. The van der Waals surface area contributed by atoms with Crippen molar-refractivity contribution in [1.29, 1.82) is 5.26 Å². The van der Waals surface area contributed by atoms with Crippen LogP contribution in [0.4, 0.5) is 5.82 Å². The van der Waals surface area contributed by atoms with E-state index in [2.05, 4.69) is 24.0 Å². The molecule has 1 aliphatic carbocycles. The number of nitriles is 1. The Bertz CT molecular complexity index is 1530. The minimum atomic E-state index is -0.453. The molecule has 0 N–H and O–H groups in total. The van der Waals surface area contributed by atoms with Gasteiger partial charge in [0.05, 0.1) is 29.4 Å². The van der Waals surface area contributed by atoms with E-state index >= 15 is 0 Å². The minimum Gasteiger partial charge on any atom is -0.461 e. The van der Waals surface area contributed by atoms with Gasteiger partial charge in [0.1, 0.15) is 5.82 Å². The Balaban J connectivity index is 1.49. The second kappa shape index (κ2) is 10.5. The zero-order chi connectivity index (χ0) is 26.9. The van der Waals surface area contributed by atoms with Gasteiger partial charge in [-0.2, -0.15) is 10.4 Å². The van der Waals surface area contributed by atoms with Crippen molar-refractivity contribution >= 4 is 22.8 Å². The van der Waals surface area contributed by atoms with E-state index in [0.717, 1.165) is 72.5 Å². The van der Waals surface area contributed by atoms with Gasteiger partial charge in [0, 0.05) is 36.7 Å². The summed E-state index contributed by atoms with van der Waals surface area (Å²) < 4.78 is 7.22. The fourth-order valence-corrected chi connectivity index (χ4v) is 5.81. The van der Waals surface area contributed by atoms with Crippen LogP contribution in [0.15, 0.2) is 54.7 Å². The average molecular weight is 521 g/mol. The Morgan fingerprint density at radius 3 is 2.54 bits per heavy atom. The van der Waals surface area contributed by atoms with Gasteiger partial charge in [0.15, 0.2) is 11.3 Å². The Morgan fingerprint density at radius 2 is 1.90 bits per heavy atom. The van der Waals surface area contributed by atoms with Crippen molar-refractivity contribution in [2.24, 2.45) is 11.8 Å². The largest absolute Gasteiger partial charge is 0.461 e. The summed E-state index contributed by atoms with van der Waals surface area (Å²) >= 11 is 0. The van der Waals surface area contributed by atoms with Crippen LogP contribution >= 0.6 is 0 Å². The van der Waals surface area contributed by atoms with E-state index in [1.807, 2.05) is 53.3 Å². The summed E-state index contributed by atoms with van der Waals surface area (Å²) in [5.41, 5.74) is 4.63. The van der Waals surface area contributed by atoms with Crippen LogP contribution in [-0.4, -0.2) is 45.4 Å². The number of carbonyl (C=O) groups is 1. The first kappa shape index (κ1) is 25.1. The molecule has 0 radical (unpaired) electrons. The molecule has 0 bridgehead atoms. The number of nitrogens with zero attached hydrogens (tertiary/aromatic N) is 6. The van der Waals surface area contributed by atoms with Gasteiger partial charge in [-0.25, -0.2) is 19.4 Å². The zero-order valence-electron chi connectivity index (χ0n) is 22.4. The highest BCUT2D eigenvalue weighted by atomic mass is 16.5. The van der Waals surface area contributed by atoms with E-state index in [-0.39, 0.29) is 18.2 Å². The number of carbonyl (C=O) groups excluding carboxylic acids is 1. The highest BCUT2D eigenvalue weighted by molar-refractivity contribution is 6.00. The van der Waals surface area contributed by atoms with E-state index in [9.17, 15) is 10.1 Å². The SMILES string of the molecule is CCOC(=O)c1cc(-c2ccc(N3CCC(C#N)CC3)nc2)c2c(C3CC(C)C3)nn(-c3ccccc3)c2n1. The first-order valence-electron chi connectivity index (χ1n) is 13.8. The normalized spacial score (nSPS) is 19.5. The van der Waals surface area contributed by atoms with E-state index < -0.39 is 5.97 Å². The number of benzene rings is 1. The van der Waals surface area contributed by atoms with Gasteiger partial charge >= 0.3 is 5.97 Å². The molecule has 3 aromatic heterocycles. The molecule has 2 fully saturated rings. The molecule has 1 aromatic carbocycles. The van der Waals surface area contributed by atoms with Crippen molar-refractivity contribution in [2.45, 2.75) is 45.4 Å². The van der Waals surface area contributed by atoms with Gasteiger partial charge in [-0.05, 0) is 74.4 Å². The number of esters is 1. The van der Waals surface area contributed by atoms with Crippen LogP contribution in [0.25, 0.3) is 27.8 Å². The fourth-order valence-electron chi connectivity index (χ4n) is 5.81. The quantitative estimate of drug-likeness (QED) is 0.291. The third-order valence-corrected chi connectivity index (χ3v) is 7.97. The van der Waals surface area contributed by atoms with Gasteiger partial charge < -0.3 is 9.64 Å². The Morgan fingerprint density at radius 1 is 1.13 bits per heavy atom. The van der Waals surface area contributed by atoms with Crippen molar-refractivity contribution in [3.8, 4) is 22.9 Å². The summed E-state index contributed by atoms with van der Waals surface area (Å²) in [6.07, 6.45) is 5.75. The second-order valence-corrected chi connectivity index (χ2v) is 10.7. The number of hydrogen-bond acceptors (Lipinski definition) is 7. The Labute approximate surface area is 228 Å². The van der Waals surface area contributed by atoms with Crippen molar-refractivity contribution in [1.82, 2.24) is 19.7 Å². The molecule has 1 saturated carbocycles. The summed E-state index contributed by atoms with van der Waals surface area (Å²) in [5.74, 6) is 1.58. The lowest BCUT2D eigenvalue weighted by atomic mass is 9.73. The number of piperidine rings is 1. The molecule has 2 aliphatic rings. The van der Waals surface area contributed by atoms with Crippen molar-refractivity contribution < 1.29 is 9.53 Å². The van der Waals surface area contributed by atoms with Crippen molar-refractivity contribution in [3.63, 3.8) is 0 Å². The van der Waals surface area contributed by atoms with Gasteiger partial charge in [0.2, 0.25) is 0 Å². The van der Waals surface area contributed by atoms with Crippen LogP contribution in [0.2, 0.25) is 0 Å². The second-order valence-electron chi connectivity index (χ2n) is 10.7. The molecule has 1 aliphatic heterocycles. The lowest BCUT2D eigenvalue weighted by Crippen LogP contribution is -2.33. The molecule has 8 nitrogen and oxygen atoms in total. The molecule has 1 saturated heterocycles. The van der Waals surface area contributed by atoms with Crippen LogP contribution in [0.5, 0.6) is 0 Å². The highest BCUT2D eigenvalue weighted by Gasteiger charge is 2.33. The first-order chi connectivity index (χ1) is 19.1. The molecule has 0 atom stereocenters. The maximum Gasteiger partial charge on any atom is 0.357 e. The van der Waals surface area contributed by atoms with Crippen LogP contribution in [0, 0.1) is 23.2 Å². The van der Waals surface area contributed by atoms with Gasteiger partial charge in [-0.15, -0.1) is 0 Å². The molecule has 6 rings (SSSR count). The van der Waals surface area contributed by atoms with E-state index in [1.54, 1.807) is 6.92 Å². The Hall–Kier alpha value is -4.25. The maximum absolute atomic E-state index is 12.9. The van der Waals surface area contributed by atoms with Crippen molar-refractivity contribution in [3.05, 3.63) is 66.1 Å². The molecular formula is C31H32N6O2. The lowest BCUT2D eigenvalue weighted by Gasteiger charge is -2.31. The molecule has 4 aromatic rings. The van der Waals surface area contributed by atoms with Crippen LogP contribution in [0.3, 0.4) is 0 Å². The fraction of sp³-hybridized carbons (Fsp3) is 0.387. The summed E-state index contributed by atoms with van der Waals surface area (Å²) in [6, 6.07) is 18.3. The number of pyridine rings is 2. The number of anilines is 1. The smallest absolute Gasteiger partial charge is 0.357 e. The molecule has 0 amide bonds. The highest BCUT2D eigenvalue weighted by Crippen LogP contribution is 2.45. The summed E-state index contributed by atoms with van der Waals surface area (Å²) in [6.45, 7) is 5.99. The van der Waals surface area contributed by atoms with E-state index in [4.69, 9.17) is 19.8 Å². The van der Waals surface area contributed by atoms with Crippen LogP contribution in [-0.2, 0) is 4.74 Å². The maximum atomic E-state index is 12.9. The molecule has 0 spiro atoms. The number of ether oxygens (including phenoxy) is 1. The number of para-hydroxylation sites is 1. The predicted molar refractivity (Wildman–Crippen MR) is 150 cm³/mol. The number of fused-ring (bicyclic) bond motifs is 1. The lowest BCUT2D eigenvalue weighted by molar-refractivity contribution is 0.0520.